The first kappa shape index (κ1) is 13.2. The molecule has 1 fully saturated rings. The van der Waals surface area contributed by atoms with Gasteiger partial charge < -0.3 is 9.47 Å². The first-order valence-corrected chi connectivity index (χ1v) is 7.01. The fourth-order valence-electron chi connectivity index (χ4n) is 2.26. The lowest BCUT2D eigenvalue weighted by molar-refractivity contribution is -0.150. The third-order valence-corrected chi connectivity index (χ3v) is 3.52. The summed E-state index contributed by atoms with van der Waals surface area (Å²) in [6, 6.07) is 0. The van der Waals surface area contributed by atoms with Crippen molar-refractivity contribution in [3.05, 3.63) is 0 Å². The van der Waals surface area contributed by atoms with E-state index in [-0.39, 0.29) is 24.3 Å². The van der Waals surface area contributed by atoms with Gasteiger partial charge in [-0.05, 0) is 19.8 Å². The zero-order valence-electron chi connectivity index (χ0n) is 9.53. The predicted molar refractivity (Wildman–Crippen MR) is 67.2 cm³/mol. The van der Waals surface area contributed by atoms with Crippen LogP contribution in [0.25, 0.3) is 0 Å². The van der Waals surface area contributed by atoms with Crippen LogP contribution in [0.3, 0.4) is 0 Å². The van der Waals surface area contributed by atoms with E-state index in [0.717, 1.165) is 17.3 Å². The fourth-order valence-corrected chi connectivity index (χ4v) is 2.98. The average molecular weight is 326 g/mol. The molecule has 4 heteroatoms. The number of hydrogen-bond acceptors (Lipinski definition) is 3. The van der Waals surface area contributed by atoms with Gasteiger partial charge in [-0.1, -0.05) is 29.5 Å². The van der Waals surface area contributed by atoms with Crippen molar-refractivity contribution >= 4 is 28.6 Å². The van der Waals surface area contributed by atoms with Crippen LogP contribution in [-0.4, -0.2) is 28.7 Å². The van der Waals surface area contributed by atoms with Crippen LogP contribution in [0.5, 0.6) is 0 Å². The number of rotatable bonds is 4. The van der Waals surface area contributed by atoms with Crippen LogP contribution in [-0.2, 0) is 14.3 Å². The molecule has 1 aliphatic rings. The zero-order chi connectivity index (χ0) is 11.4. The molecule has 0 aromatic rings. The van der Waals surface area contributed by atoms with E-state index >= 15 is 0 Å². The molecular weight excluding hydrogens is 307 g/mol. The van der Waals surface area contributed by atoms with Crippen molar-refractivity contribution < 1.29 is 14.3 Å². The van der Waals surface area contributed by atoms with E-state index in [9.17, 15) is 4.79 Å². The van der Waals surface area contributed by atoms with E-state index < -0.39 is 0 Å². The molecule has 0 amide bonds. The summed E-state index contributed by atoms with van der Waals surface area (Å²) in [7, 11) is 0. The van der Waals surface area contributed by atoms with Gasteiger partial charge in [-0.15, -0.1) is 0 Å². The van der Waals surface area contributed by atoms with Gasteiger partial charge in [0.1, 0.15) is 6.10 Å². The van der Waals surface area contributed by atoms with Gasteiger partial charge in [0, 0.05) is 17.3 Å². The molecule has 0 aromatic heterocycles. The summed E-state index contributed by atoms with van der Waals surface area (Å²) in [5.41, 5.74) is 0. The van der Waals surface area contributed by atoms with Gasteiger partial charge in [-0.25, -0.2) is 0 Å². The van der Waals surface area contributed by atoms with E-state index in [2.05, 4.69) is 29.5 Å². The number of carbonyl (C=O) groups excluding carboxylic acids is 1. The molecule has 0 aromatic carbocycles. The summed E-state index contributed by atoms with van der Waals surface area (Å²) in [6.45, 7) is 5.57. The highest BCUT2D eigenvalue weighted by Gasteiger charge is 2.42. The first-order valence-electron chi connectivity index (χ1n) is 5.48. The smallest absolute Gasteiger partial charge is 0.303 e. The number of esters is 1. The van der Waals surface area contributed by atoms with Gasteiger partial charge in [0.05, 0.1) is 12.2 Å². The summed E-state index contributed by atoms with van der Waals surface area (Å²) in [4.78, 5) is 11.0. The number of hydrogen-bond donors (Lipinski definition) is 0. The Balaban J connectivity index is 2.67. The Kier molecular flexibility index (Phi) is 5.32. The van der Waals surface area contributed by atoms with Gasteiger partial charge in [-0.3, -0.25) is 4.79 Å². The molecule has 1 saturated heterocycles. The molecule has 1 aliphatic heterocycles. The SMILES string of the molecule is CC[C@H]1O[C@@H](C)C(OC(C)=O)[C@H]1CCI. The molecule has 3 nitrogen and oxygen atoms in total. The Labute approximate surface area is 105 Å². The van der Waals surface area contributed by atoms with Crippen LogP contribution in [0.1, 0.15) is 33.6 Å². The van der Waals surface area contributed by atoms with Crippen molar-refractivity contribution in [2.75, 3.05) is 4.43 Å². The largest absolute Gasteiger partial charge is 0.459 e. The average Bonchev–Trinajstić information content (AvgIpc) is 2.45. The molecule has 88 valence electrons. The Bertz CT molecular complexity index is 220. The molecule has 1 unspecified atom stereocenters. The molecule has 1 heterocycles. The minimum absolute atomic E-state index is 0.0341. The summed E-state index contributed by atoms with van der Waals surface area (Å²) in [5.74, 6) is 0.163. The normalized spacial score (nSPS) is 35.5. The van der Waals surface area contributed by atoms with E-state index in [4.69, 9.17) is 9.47 Å². The van der Waals surface area contributed by atoms with Gasteiger partial charge in [0.15, 0.2) is 0 Å². The van der Waals surface area contributed by atoms with Crippen LogP contribution in [0.15, 0.2) is 0 Å². The molecule has 0 bridgehead atoms. The number of ether oxygens (including phenoxy) is 2. The van der Waals surface area contributed by atoms with E-state index in [1.807, 2.05) is 6.92 Å². The van der Waals surface area contributed by atoms with Crippen LogP contribution in [0.4, 0.5) is 0 Å². The third kappa shape index (κ3) is 3.31. The summed E-state index contributed by atoms with van der Waals surface area (Å²) in [6.07, 6.45) is 2.28. The number of carbonyl (C=O) groups is 1. The number of halogens is 1. The lowest BCUT2D eigenvalue weighted by Crippen LogP contribution is -2.31. The molecule has 0 saturated carbocycles. The van der Waals surface area contributed by atoms with E-state index in [1.165, 1.54) is 6.92 Å². The summed E-state index contributed by atoms with van der Waals surface area (Å²) >= 11 is 2.36. The van der Waals surface area contributed by atoms with Crippen molar-refractivity contribution in [1.82, 2.24) is 0 Å². The maximum absolute atomic E-state index is 11.0. The lowest BCUT2D eigenvalue weighted by atomic mass is 9.92. The van der Waals surface area contributed by atoms with Gasteiger partial charge >= 0.3 is 5.97 Å². The van der Waals surface area contributed by atoms with Crippen molar-refractivity contribution in [3.8, 4) is 0 Å². The quantitative estimate of drug-likeness (QED) is 0.452. The predicted octanol–water partition coefficient (Wildman–Crippen LogP) is 2.56. The minimum Gasteiger partial charge on any atom is -0.459 e. The van der Waals surface area contributed by atoms with Crippen molar-refractivity contribution in [1.29, 1.82) is 0 Å². The highest BCUT2D eigenvalue weighted by molar-refractivity contribution is 14.1. The number of alkyl halides is 1. The third-order valence-electron chi connectivity index (χ3n) is 2.90. The molecule has 0 N–H and O–H groups in total. The van der Waals surface area contributed by atoms with E-state index in [0.29, 0.717) is 5.92 Å². The lowest BCUT2D eigenvalue weighted by Gasteiger charge is -2.21. The maximum atomic E-state index is 11.0. The molecule has 15 heavy (non-hydrogen) atoms. The molecule has 0 aliphatic carbocycles. The topological polar surface area (TPSA) is 35.5 Å². The maximum Gasteiger partial charge on any atom is 0.303 e. The molecule has 0 radical (unpaired) electrons. The zero-order valence-corrected chi connectivity index (χ0v) is 11.7. The monoisotopic (exact) mass is 326 g/mol. The Hall–Kier alpha value is 0.160. The first-order chi connectivity index (χ1) is 7.10. The van der Waals surface area contributed by atoms with Crippen LogP contribution in [0, 0.1) is 5.92 Å². The van der Waals surface area contributed by atoms with Gasteiger partial charge in [0.2, 0.25) is 0 Å². The second-order valence-electron chi connectivity index (χ2n) is 4.00. The highest BCUT2D eigenvalue weighted by atomic mass is 127. The highest BCUT2D eigenvalue weighted by Crippen LogP contribution is 2.34. The molecular formula is C11H19IO3. The van der Waals surface area contributed by atoms with Gasteiger partial charge in [-0.2, -0.15) is 0 Å². The van der Waals surface area contributed by atoms with Crippen molar-refractivity contribution in [2.24, 2.45) is 5.92 Å². The van der Waals surface area contributed by atoms with Crippen LogP contribution in [0.2, 0.25) is 0 Å². The molecule has 1 rings (SSSR count). The second-order valence-corrected chi connectivity index (χ2v) is 5.08. The minimum atomic E-state index is -0.203. The van der Waals surface area contributed by atoms with Crippen molar-refractivity contribution in [3.63, 3.8) is 0 Å². The van der Waals surface area contributed by atoms with Crippen LogP contribution >= 0.6 is 22.6 Å². The van der Waals surface area contributed by atoms with Crippen molar-refractivity contribution in [2.45, 2.75) is 51.9 Å². The standard InChI is InChI=1S/C11H19IO3/c1-4-10-9(5-6-12)11(7(2)14-10)15-8(3)13/h7,9-11H,4-6H2,1-3H3/t7-,9-,10+,11?/m0/s1. The summed E-state index contributed by atoms with van der Waals surface area (Å²) in [5, 5.41) is 0. The Morgan fingerprint density at radius 1 is 1.53 bits per heavy atom. The molecule has 4 atom stereocenters. The Morgan fingerprint density at radius 2 is 2.20 bits per heavy atom. The fraction of sp³-hybridized carbons (Fsp3) is 0.909. The van der Waals surface area contributed by atoms with Crippen LogP contribution < -0.4 is 0 Å². The Morgan fingerprint density at radius 3 is 2.67 bits per heavy atom. The molecule has 0 spiro atoms. The van der Waals surface area contributed by atoms with Gasteiger partial charge in [0.25, 0.3) is 0 Å². The van der Waals surface area contributed by atoms with E-state index in [1.54, 1.807) is 0 Å². The second kappa shape index (κ2) is 6.03. The summed E-state index contributed by atoms with van der Waals surface area (Å²) < 4.78 is 12.2.